The number of fused-ring (bicyclic) bond motifs is 1. The molecule has 3 rings (SSSR count). The van der Waals surface area contributed by atoms with Gasteiger partial charge in [0.25, 0.3) is 5.91 Å². The van der Waals surface area contributed by atoms with E-state index in [0.717, 1.165) is 10.0 Å². The van der Waals surface area contributed by atoms with Crippen LogP contribution < -0.4 is 9.64 Å². The van der Waals surface area contributed by atoms with Gasteiger partial charge in [-0.05, 0) is 35.9 Å². The first-order valence-corrected chi connectivity index (χ1v) is 8.58. The molecule has 1 amide bonds. The SMILES string of the molecule is CC(C(=O)c1ccc2c(c1)N(C)C(=O)CO2)c1ccc(Br)cc1Cl. The van der Waals surface area contributed by atoms with Crippen LogP contribution in [0.5, 0.6) is 5.75 Å². The summed E-state index contributed by atoms with van der Waals surface area (Å²) in [5.74, 6) is 0.00156. The predicted molar refractivity (Wildman–Crippen MR) is 97.2 cm³/mol. The number of halogens is 2. The van der Waals surface area contributed by atoms with Gasteiger partial charge in [-0.3, -0.25) is 9.59 Å². The van der Waals surface area contributed by atoms with Crippen molar-refractivity contribution in [3.63, 3.8) is 0 Å². The molecule has 2 aromatic rings. The zero-order chi connectivity index (χ0) is 17.4. The molecule has 124 valence electrons. The molecule has 1 unspecified atom stereocenters. The van der Waals surface area contributed by atoms with Crippen molar-refractivity contribution in [3.8, 4) is 5.75 Å². The minimum absolute atomic E-state index is 0.0156. The van der Waals surface area contributed by atoms with E-state index in [0.29, 0.717) is 22.0 Å². The standard InChI is InChI=1S/C18H15BrClNO3/c1-10(13-5-4-12(19)8-14(13)20)18(23)11-3-6-16-15(7-11)21(2)17(22)9-24-16/h3-8,10H,9H2,1-2H3. The Morgan fingerprint density at radius 2 is 2.04 bits per heavy atom. The normalized spacial score (nSPS) is 14.8. The number of likely N-dealkylation sites (N-methyl/N-ethyl adjacent to an activating group) is 1. The molecule has 0 bridgehead atoms. The van der Waals surface area contributed by atoms with Crippen molar-refractivity contribution in [2.45, 2.75) is 12.8 Å². The number of carbonyl (C=O) groups excluding carboxylic acids is 2. The van der Waals surface area contributed by atoms with Gasteiger partial charge in [0.05, 0.1) is 5.69 Å². The third-order valence-corrected chi connectivity index (χ3v) is 4.97. The van der Waals surface area contributed by atoms with E-state index in [1.807, 2.05) is 19.1 Å². The second-order valence-electron chi connectivity index (χ2n) is 5.68. The van der Waals surface area contributed by atoms with Gasteiger partial charge in [-0.1, -0.05) is 40.5 Å². The molecule has 0 aliphatic carbocycles. The lowest BCUT2D eigenvalue weighted by atomic mass is 9.92. The van der Waals surface area contributed by atoms with E-state index < -0.39 is 5.92 Å². The van der Waals surface area contributed by atoms with Crippen LogP contribution in [0.15, 0.2) is 40.9 Å². The van der Waals surface area contributed by atoms with Gasteiger partial charge in [-0.15, -0.1) is 0 Å². The summed E-state index contributed by atoms with van der Waals surface area (Å²) in [4.78, 5) is 26.1. The zero-order valence-corrected chi connectivity index (χ0v) is 15.5. The highest BCUT2D eigenvalue weighted by molar-refractivity contribution is 9.10. The third-order valence-electron chi connectivity index (χ3n) is 4.15. The lowest BCUT2D eigenvalue weighted by Gasteiger charge is -2.26. The molecule has 0 N–H and O–H groups in total. The summed E-state index contributed by atoms with van der Waals surface area (Å²) < 4.78 is 6.25. The fourth-order valence-corrected chi connectivity index (χ4v) is 3.51. The molecule has 0 fully saturated rings. The molecule has 1 aliphatic heterocycles. The van der Waals surface area contributed by atoms with E-state index >= 15 is 0 Å². The molecule has 1 atom stereocenters. The fourth-order valence-electron chi connectivity index (χ4n) is 2.67. The van der Waals surface area contributed by atoms with Crippen molar-refractivity contribution in [1.29, 1.82) is 0 Å². The average Bonchev–Trinajstić information content (AvgIpc) is 2.57. The summed E-state index contributed by atoms with van der Waals surface area (Å²) in [6.45, 7) is 1.84. The number of rotatable bonds is 3. The first-order chi connectivity index (χ1) is 11.4. The highest BCUT2D eigenvalue weighted by Crippen LogP contribution is 2.35. The maximum atomic E-state index is 12.8. The van der Waals surface area contributed by atoms with Gasteiger partial charge < -0.3 is 9.64 Å². The van der Waals surface area contributed by atoms with Crippen LogP contribution >= 0.6 is 27.5 Å². The number of Topliss-reactive ketones (excluding diaryl/α,β-unsaturated/α-hetero) is 1. The summed E-state index contributed by atoms with van der Waals surface area (Å²) in [6, 6.07) is 10.6. The largest absolute Gasteiger partial charge is 0.482 e. The minimum Gasteiger partial charge on any atom is -0.482 e. The zero-order valence-electron chi connectivity index (χ0n) is 13.2. The number of ether oxygens (including phenoxy) is 1. The Kier molecular flexibility index (Phi) is 4.65. The van der Waals surface area contributed by atoms with Crippen molar-refractivity contribution >= 4 is 44.9 Å². The molecular formula is C18H15BrClNO3. The molecule has 24 heavy (non-hydrogen) atoms. The van der Waals surface area contributed by atoms with Crippen LogP contribution in [0.4, 0.5) is 5.69 Å². The second kappa shape index (κ2) is 6.57. The molecule has 1 aliphatic rings. The first kappa shape index (κ1) is 17.0. The average molecular weight is 409 g/mol. The van der Waals surface area contributed by atoms with Crippen LogP contribution in [0, 0.1) is 0 Å². The number of anilines is 1. The minimum atomic E-state index is -0.394. The maximum Gasteiger partial charge on any atom is 0.264 e. The highest BCUT2D eigenvalue weighted by Gasteiger charge is 2.25. The van der Waals surface area contributed by atoms with E-state index in [1.165, 1.54) is 4.90 Å². The topological polar surface area (TPSA) is 46.6 Å². The number of hydrogen-bond donors (Lipinski definition) is 0. The quantitative estimate of drug-likeness (QED) is 0.705. The lowest BCUT2D eigenvalue weighted by molar-refractivity contribution is -0.120. The van der Waals surface area contributed by atoms with Gasteiger partial charge in [0, 0.05) is 28.0 Å². The molecular weight excluding hydrogens is 394 g/mol. The van der Waals surface area contributed by atoms with Crippen molar-refractivity contribution in [2.24, 2.45) is 0 Å². The van der Waals surface area contributed by atoms with Gasteiger partial charge >= 0.3 is 0 Å². The number of hydrogen-bond acceptors (Lipinski definition) is 3. The van der Waals surface area contributed by atoms with Crippen molar-refractivity contribution in [1.82, 2.24) is 0 Å². The molecule has 0 radical (unpaired) electrons. The van der Waals surface area contributed by atoms with Gasteiger partial charge in [-0.2, -0.15) is 0 Å². The maximum absolute atomic E-state index is 12.8. The second-order valence-corrected chi connectivity index (χ2v) is 7.00. The van der Waals surface area contributed by atoms with E-state index in [1.54, 1.807) is 31.3 Å². The van der Waals surface area contributed by atoms with Gasteiger partial charge in [0.2, 0.25) is 0 Å². The van der Waals surface area contributed by atoms with E-state index in [4.69, 9.17) is 16.3 Å². The number of ketones is 1. The summed E-state index contributed by atoms with van der Waals surface area (Å²) in [5, 5.41) is 0.541. The molecule has 2 aromatic carbocycles. The van der Waals surface area contributed by atoms with E-state index in [2.05, 4.69) is 15.9 Å². The van der Waals surface area contributed by atoms with Crippen LogP contribution in [0.1, 0.15) is 28.8 Å². The summed E-state index contributed by atoms with van der Waals surface area (Å²) in [5.41, 5.74) is 1.89. The predicted octanol–water partition coefficient (Wildman–Crippen LogP) is 4.44. The molecule has 0 saturated heterocycles. The Labute approximate surface area is 153 Å². The molecule has 0 aromatic heterocycles. The summed E-state index contributed by atoms with van der Waals surface area (Å²) in [6.07, 6.45) is 0. The molecule has 6 heteroatoms. The summed E-state index contributed by atoms with van der Waals surface area (Å²) >= 11 is 9.62. The Morgan fingerprint density at radius 1 is 1.29 bits per heavy atom. The summed E-state index contributed by atoms with van der Waals surface area (Å²) in [7, 11) is 1.67. The Hall–Kier alpha value is -1.85. The van der Waals surface area contributed by atoms with E-state index in [-0.39, 0.29) is 18.3 Å². The fraction of sp³-hybridized carbons (Fsp3) is 0.222. The molecule has 4 nitrogen and oxygen atoms in total. The number of carbonyl (C=O) groups is 2. The Morgan fingerprint density at radius 3 is 2.75 bits per heavy atom. The van der Waals surface area contributed by atoms with Crippen LogP contribution in [0.2, 0.25) is 5.02 Å². The van der Waals surface area contributed by atoms with Gasteiger partial charge in [0.1, 0.15) is 5.75 Å². The Bertz CT molecular complexity index is 837. The van der Waals surface area contributed by atoms with Crippen molar-refractivity contribution in [2.75, 3.05) is 18.6 Å². The first-order valence-electron chi connectivity index (χ1n) is 7.41. The smallest absolute Gasteiger partial charge is 0.264 e. The number of nitrogens with zero attached hydrogens (tertiary/aromatic N) is 1. The monoisotopic (exact) mass is 407 g/mol. The molecule has 1 heterocycles. The van der Waals surface area contributed by atoms with Gasteiger partial charge in [-0.25, -0.2) is 0 Å². The molecule has 0 spiro atoms. The van der Waals surface area contributed by atoms with Crippen molar-refractivity contribution < 1.29 is 14.3 Å². The highest BCUT2D eigenvalue weighted by atomic mass is 79.9. The Balaban J connectivity index is 1.94. The third kappa shape index (κ3) is 3.06. The van der Waals surface area contributed by atoms with Crippen LogP contribution in [-0.2, 0) is 4.79 Å². The van der Waals surface area contributed by atoms with Crippen LogP contribution in [0.3, 0.4) is 0 Å². The molecule has 0 saturated carbocycles. The number of benzene rings is 2. The lowest BCUT2D eigenvalue weighted by Crippen LogP contribution is -2.35. The van der Waals surface area contributed by atoms with Crippen LogP contribution in [0.25, 0.3) is 0 Å². The van der Waals surface area contributed by atoms with Gasteiger partial charge in [0.15, 0.2) is 12.4 Å². The van der Waals surface area contributed by atoms with E-state index in [9.17, 15) is 9.59 Å². The number of amides is 1. The van der Waals surface area contributed by atoms with Crippen molar-refractivity contribution in [3.05, 3.63) is 57.0 Å². The van der Waals surface area contributed by atoms with Crippen LogP contribution in [-0.4, -0.2) is 25.3 Å².